The van der Waals surface area contributed by atoms with Crippen molar-refractivity contribution in [2.75, 3.05) is 13.7 Å². The number of amides is 1. The third kappa shape index (κ3) is 3.84. The zero-order valence-corrected chi connectivity index (χ0v) is 16.2. The van der Waals surface area contributed by atoms with Gasteiger partial charge in [0.05, 0.1) is 7.11 Å². The van der Waals surface area contributed by atoms with Crippen molar-refractivity contribution in [3.63, 3.8) is 0 Å². The van der Waals surface area contributed by atoms with Crippen molar-refractivity contribution in [1.29, 1.82) is 0 Å². The van der Waals surface area contributed by atoms with Gasteiger partial charge in [-0.1, -0.05) is 31.4 Å². The van der Waals surface area contributed by atoms with Crippen LogP contribution in [0.5, 0.6) is 5.75 Å². The second-order valence-electron chi connectivity index (χ2n) is 8.18. The van der Waals surface area contributed by atoms with Gasteiger partial charge in [-0.05, 0) is 50.2 Å². The molecule has 1 saturated heterocycles. The highest BCUT2D eigenvalue weighted by Gasteiger charge is 2.40. The van der Waals surface area contributed by atoms with Crippen molar-refractivity contribution in [2.45, 2.75) is 63.5 Å². The summed E-state index contributed by atoms with van der Waals surface area (Å²) in [5, 5.41) is 0.804. The van der Waals surface area contributed by atoms with Crippen molar-refractivity contribution >= 4 is 16.9 Å². The largest absolute Gasteiger partial charge is 0.493 e. The summed E-state index contributed by atoms with van der Waals surface area (Å²) < 4.78 is 10.3. The number of hydrogen-bond acceptors (Lipinski definition) is 4. The summed E-state index contributed by atoms with van der Waals surface area (Å²) in [6.45, 7) is 1.45. The van der Waals surface area contributed by atoms with Gasteiger partial charge in [-0.3, -0.25) is 9.69 Å². The van der Waals surface area contributed by atoms with Crippen LogP contribution in [-0.4, -0.2) is 36.5 Å². The van der Waals surface area contributed by atoms with E-state index < -0.39 is 5.91 Å². The van der Waals surface area contributed by atoms with E-state index >= 15 is 0 Å². The Morgan fingerprint density at radius 3 is 2.59 bits per heavy atom. The van der Waals surface area contributed by atoms with Gasteiger partial charge in [0.15, 0.2) is 17.1 Å². The second kappa shape index (κ2) is 7.93. The summed E-state index contributed by atoms with van der Waals surface area (Å²) in [4.78, 5) is 13.7. The van der Waals surface area contributed by atoms with E-state index in [1.807, 2.05) is 12.1 Å². The molecule has 3 fully saturated rings. The third-order valence-electron chi connectivity index (χ3n) is 6.47. The number of hydrogen-bond donors (Lipinski definition) is 1. The molecule has 2 aromatic rings. The molecule has 2 N–H and O–H groups in total. The molecule has 0 spiro atoms. The predicted molar refractivity (Wildman–Crippen MR) is 106 cm³/mol. The number of carbonyl (C=O) groups excluding carboxylic acids is 1. The van der Waals surface area contributed by atoms with Gasteiger partial charge in [0.1, 0.15) is 0 Å². The number of benzene rings is 1. The van der Waals surface area contributed by atoms with Gasteiger partial charge in [-0.25, -0.2) is 0 Å². The normalized spacial score (nSPS) is 25.4. The number of fused-ring (bicyclic) bond motifs is 3. The minimum Gasteiger partial charge on any atom is -0.493 e. The molecule has 5 heteroatoms. The molecule has 2 unspecified atom stereocenters. The first-order chi connectivity index (χ1) is 13.2. The second-order valence-corrected chi connectivity index (χ2v) is 8.18. The molecule has 2 saturated carbocycles. The first-order valence-corrected chi connectivity index (χ1v) is 10.3. The Labute approximate surface area is 160 Å². The molecule has 2 bridgehead atoms. The molecule has 1 aromatic heterocycles. The van der Waals surface area contributed by atoms with Gasteiger partial charge in [-0.15, -0.1) is 0 Å². The Bertz CT molecular complexity index is 794. The van der Waals surface area contributed by atoms with Gasteiger partial charge < -0.3 is 14.9 Å². The van der Waals surface area contributed by atoms with Gasteiger partial charge in [0, 0.05) is 24.0 Å². The van der Waals surface area contributed by atoms with Crippen molar-refractivity contribution in [3.05, 3.63) is 30.0 Å². The van der Waals surface area contributed by atoms with E-state index in [1.54, 1.807) is 19.2 Å². The molecule has 27 heavy (non-hydrogen) atoms. The zero-order valence-electron chi connectivity index (χ0n) is 16.2. The lowest BCUT2D eigenvalue weighted by Gasteiger charge is -2.37. The van der Waals surface area contributed by atoms with Gasteiger partial charge >= 0.3 is 0 Å². The van der Waals surface area contributed by atoms with Gasteiger partial charge in [0.2, 0.25) is 0 Å². The summed E-state index contributed by atoms with van der Waals surface area (Å²) in [6.07, 6.45) is 12.1. The van der Waals surface area contributed by atoms with E-state index in [0.717, 1.165) is 23.4 Å². The van der Waals surface area contributed by atoms with Gasteiger partial charge in [-0.2, -0.15) is 0 Å². The first-order valence-electron chi connectivity index (χ1n) is 10.3. The smallest absolute Gasteiger partial charge is 0.284 e. The topological polar surface area (TPSA) is 68.7 Å². The molecule has 1 amide bonds. The van der Waals surface area contributed by atoms with E-state index in [2.05, 4.69) is 4.90 Å². The quantitative estimate of drug-likeness (QED) is 0.872. The minimum atomic E-state index is -0.580. The van der Waals surface area contributed by atoms with E-state index in [4.69, 9.17) is 14.9 Å². The van der Waals surface area contributed by atoms with Crippen LogP contribution in [-0.2, 0) is 0 Å². The van der Waals surface area contributed by atoms with Crippen molar-refractivity contribution in [3.8, 4) is 5.75 Å². The number of carbonyl (C=O) groups is 1. The molecule has 146 valence electrons. The number of ether oxygens (including phenoxy) is 1. The van der Waals surface area contributed by atoms with Crippen molar-refractivity contribution < 1.29 is 13.9 Å². The third-order valence-corrected chi connectivity index (χ3v) is 6.47. The van der Waals surface area contributed by atoms with Crippen LogP contribution in [0.4, 0.5) is 0 Å². The van der Waals surface area contributed by atoms with Crippen LogP contribution >= 0.6 is 0 Å². The Kier molecular flexibility index (Phi) is 5.39. The molecule has 0 radical (unpaired) electrons. The maximum Gasteiger partial charge on any atom is 0.284 e. The zero-order chi connectivity index (χ0) is 18.8. The Hall–Kier alpha value is -2.01. The van der Waals surface area contributed by atoms with Crippen molar-refractivity contribution in [2.24, 2.45) is 11.7 Å². The predicted octanol–water partition coefficient (Wildman–Crippen LogP) is 4.34. The van der Waals surface area contributed by atoms with E-state index in [-0.39, 0.29) is 5.76 Å². The average Bonchev–Trinajstić information content (AvgIpc) is 3.43. The number of nitrogens with zero attached hydrogens (tertiary/aromatic N) is 1. The van der Waals surface area contributed by atoms with E-state index in [1.165, 1.54) is 57.9 Å². The first kappa shape index (κ1) is 18.4. The molecule has 2 heterocycles. The van der Waals surface area contributed by atoms with Crippen LogP contribution in [0.25, 0.3) is 11.0 Å². The van der Waals surface area contributed by atoms with E-state index in [0.29, 0.717) is 11.3 Å². The van der Waals surface area contributed by atoms with Gasteiger partial charge in [0.25, 0.3) is 5.91 Å². The van der Waals surface area contributed by atoms with Crippen LogP contribution in [0.1, 0.15) is 61.9 Å². The summed E-state index contributed by atoms with van der Waals surface area (Å²) in [7, 11) is 1.54. The molecular weight excluding hydrogens is 340 g/mol. The highest BCUT2D eigenvalue weighted by atomic mass is 16.5. The number of primary amides is 1. The number of nitrogens with two attached hydrogens (primary N) is 1. The number of rotatable bonds is 3. The summed E-state index contributed by atoms with van der Waals surface area (Å²) >= 11 is 0. The minimum absolute atomic E-state index is 0.143. The summed E-state index contributed by atoms with van der Waals surface area (Å²) in [5.41, 5.74) is 5.64. The molecule has 1 aliphatic heterocycles. The Morgan fingerprint density at radius 2 is 1.96 bits per heavy atom. The van der Waals surface area contributed by atoms with Crippen LogP contribution in [0.3, 0.4) is 0 Å². The molecule has 5 nitrogen and oxygen atoms in total. The maximum atomic E-state index is 10.9. The highest BCUT2D eigenvalue weighted by Crippen LogP contribution is 2.40. The molecule has 2 aliphatic carbocycles. The fraction of sp³-hybridized carbons (Fsp3) is 0.591. The summed E-state index contributed by atoms with van der Waals surface area (Å²) in [6, 6.07) is 9.00. The Balaban J connectivity index is 0.000000134. The number of piperidine rings is 1. The number of para-hydroxylation sites is 1. The highest BCUT2D eigenvalue weighted by molar-refractivity contribution is 5.96. The molecule has 5 rings (SSSR count). The fourth-order valence-corrected chi connectivity index (χ4v) is 5.14. The molecule has 3 aliphatic rings. The van der Waals surface area contributed by atoms with Crippen molar-refractivity contribution in [1.82, 2.24) is 4.90 Å². The monoisotopic (exact) mass is 370 g/mol. The number of methoxy groups -OCH3 is 1. The van der Waals surface area contributed by atoms with E-state index in [9.17, 15) is 4.79 Å². The van der Waals surface area contributed by atoms with Crippen LogP contribution in [0.15, 0.2) is 28.7 Å². The maximum absolute atomic E-state index is 10.9. The molecular formula is C22H30N2O3. The lowest BCUT2D eigenvalue weighted by Crippen LogP contribution is -2.41. The average molecular weight is 370 g/mol. The number of likely N-dealkylation sites (tertiary alicyclic amines) is 1. The Morgan fingerprint density at radius 1 is 1.15 bits per heavy atom. The molecule has 1 aromatic carbocycles. The van der Waals surface area contributed by atoms with Crippen LogP contribution in [0.2, 0.25) is 0 Å². The SMILES string of the molecule is C1CCC(N2CC3CCC2C3)CC1.COc1cccc2cc(C(N)=O)oc12. The lowest BCUT2D eigenvalue weighted by atomic mass is 9.93. The number of furan rings is 1. The standard InChI is InChI=1S/C12H21N.C10H9NO3/c1-2-4-11(5-3-1)13-9-10-6-7-12(13)8-10;1-13-7-4-2-3-6-5-8(10(11)12)14-9(6)7/h10-12H,1-9H2;2-5H,1H3,(H2,11,12). The lowest BCUT2D eigenvalue weighted by molar-refractivity contribution is 0.0976. The van der Waals surface area contributed by atoms with Crippen LogP contribution < -0.4 is 10.5 Å². The summed E-state index contributed by atoms with van der Waals surface area (Å²) in [5.74, 6) is 1.25. The molecule has 2 atom stereocenters. The fourth-order valence-electron chi connectivity index (χ4n) is 5.14. The van der Waals surface area contributed by atoms with Crippen LogP contribution in [0, 0.1) is 5.92 Å².